The highest BCUT2D eigenvalue weighted by Crippen LogP contribution is 2.21. The minimum atomic E-state index is -1.41. The zero-order valence-corrected chi connectivity index (χ0v) is 13.3. The van der Waals surface area contributed by atoms with E-state index in [-0.39, 0.29) is 11.7 Å². The first-order valence-electron chi connectivity index (χ1n) is 6.86. The molecule has 2 unspecified atom stereocenters. The van der Waals surface area contributed by atoms with Crippen LogP contribution in [0.2, 0.25) is 0 Å². The quantitative estimate of drug-likeness (QED) is 0.634. The molecular formula is C15H20FNO3S. The molecule has 4 nitrogen and oxygen atoms in total. The third-order valence-electron chi connectivity index (χ3n) is 2.97. The van der Waals surface area contributed by atoms with Gasteiger partial charge in [-0.2, -0.15) is 0 Å². The average molecular weight is 313 g/mol. The van der Waals surface area contributed by atoms with E-state index in [1.807, 2.05) is 20.8 Å². The topological polar surface area (TPSA) is 53.9 Å². The van der Waals surface area contributed by atoms with Crippen molar-refractivity contribution in [3.8, 4) is 5.75 Å². The summed E-state index contributed by atoms with van der Waals surface area (Å²) < 4.78 is 40.0. The second-order valence-electron chi connectivity index (χ2n) is 5.88. The van der Waals surface area contributed by atoms with Crippen LogP contribution in [0.15, 0.2) is 22.6 Å². The number of hydrogen-bond acceptors (Lipinski definition) is 4. The molecule has 2 atom stereocenters. The molecule has 6 heteroatoms. The largest absolute Gasteiger partial charge is 0.591 e. The summed E-state index contributed by atoms with van der Waals surface area (Å²) in [6.07, 6.45) is 2.13. The van der Waals surface area contributed by atoms with Gasteiger partial charge in [-0.1, -0.05) is 4.40 Å². The molecule has 1 aliphatic heterocycles. The van der Waals surface area contributed by atoms with E-state index < -0.39 is 21.9 Å². The highest BCUT2D eigenvalue weighted by Gasteiger charge is 2.26. The van der Waals surface area contributed by atoms with Crippen LogP contribution in [0.1, 0.15) is 32.8 Å². The van der Waals surface area contributed by atoms with Gasteiger partial charge in [-0.05, 0) is 39.0 Å². The number of rotatable bonds is 4. The Kier molecular flexibility index (Phi) is 5.24. The lowest BCUT2D eigenvalue weighted by Gasteiger charge is -2.17. The third-order valence-corrected chi connectivity index (χ3v) is 4.31. The molecule has 21 heavy (non-hydrogen) atoms. The second kappa shape index (κ2) is 6.77. The molecule has 116 valence electrons. The molecule has 1 fully saturated rings. The predicted octanol–water partition coefficient (Wildman–Crippen LogP) is 2.87. The van der Waals surface area contributed by atoms with Gasteiger partial charge >= 0.3 is 0 Å². The van der Waals surface area contributed by atoms with Crippen molar-refractivity contribution in [2.45, 2.75) is 38.0 Å². The van der Waals surface area contributed by atoms with Crippen molar-refractivity contribution in [3.05, 3.63) is 29.6 Å². The summed E-state index contributed by atoms with van der Waals surface area (Å²) in [6, 6.07) is 4.47. The van der Waals surface area contributed by atoms with Crippen LogP contribution in [0.25, 0.3) is 0 Å². The summed E-state index contributed by atoms with van der Waals surface area (Å²) >= 11 is -1.41. The zero-order chi connectivity index (χ0) is 15.5. The van der Waals surface area contributed by atoms with Crippen LogP contribution in [0, 0.1) is 5.82 Å². The zero-order valence-electron chi connectivity index (χ0n) is 12.5. The van der Waals surface area contributed by atoms with E-state index in [1.54, 1.807) is 12.1 Å². The van der Waals surface area contributed by atoms with Crippen molar-refractivity contribution in [2.75, 3.05) is 13.2 Å². The van der Waals surface area contributed by atoms with Crippen LogP contribution in [-0.4, -0.2) is 34.8 Å². The van der Waals surface area contributed by atoms with Crippen molar-refractivity contribution in [2.24, 2.45) is 4.40 Å². The molecule has 0 aliphatic carbocycles. The molecule has 0 radical (unpaired) electrons. The van der Waals surface area contributed by atoms with E-state index in [4.69, 9.17) is 9.47 Å². The molecule has 1 heterocycles. The lowest BCUT2D eigenvalue weighted by atomic mass is 10.2. The fraction of sp³-hybridized carbons (Fsp3) is 0.533. The van der Waals surface area contributed by atoms with E-state index in [1.165, 1.54) is 12.3 Å². The Morgan fingerprint density at radius 3 is 2.86 bits per heavy atom. The minimum absolute atomic E-state index is 0.00366. The summed E-state index contributed by atoms with van der Waals surface area (Å²) in [6.45, 7) is 6.68. The third kappa shape index (κ3) is 4.69. The monoisotopic (exact) mass is 313 g/mol. The first kappa shape index (κ1) is 16.3. The molecule has 0 spiro atoms. The van der Waals surface area contributed by atoms with E-state index >= 15 is 0 Å². The summed E-state index contributed by atoms with van der Waals surface area (Å²) in [5.41, 5.74) is 0.268. The van der Waals surface area contributed by atoms with Crippen molar-refractivity contribution >= 4 is 17.6 Å². The number of benzene rings is 1. The van der Waals surface area contributed by atoms with E-state index in [2.05, 4.69) is 4.40 Å². The fourth-order valence-corrected chi connectivity index (χ4v) is 2.28. The van der Waals surface area contributed by atoms with Gasteiger partial charge in [0.15, 0.2) is 0 Å². The maximum Gasteiger partial charge on any atom is 0.144 e. The molecule has 1 aromatic rings. The molecule has 0 saturated carbocycles. The Morgan fingerprint density at radius 1 is 1.48 bits per heavy atom. The van der Waals surface area contributed by atoms with Crippen molar-refractivity contribution in [3.63, 3.8) is 0 Å². The van der Waals surface area contributed by atoms with Gasteiger partial charge in [0, 0.05) is 12.0 Å². The fourth-order valence-electron chi connectivity index (χ4n) is 1.76. The van der Waals surface area contributed by atoms with Crippen molar-refractivity contribution < 1.29 is 18.4 Å². The van der Waals surface area contributed by atoms with E-state index in [0.29, 0.717) is 19.0 Å². The minimum Gasteiger partial charge on any atom is -0.591 e. The van der Waals surface area contributed by atoms with Crippen LogP contribution in [-0.2, 0) is 16.1 Å². The van der Waals surface area contributed by atoms with Gasteiger partial charge in [0.2, 0.25) is 0 Å². The lowest BCUT2D eigenvalue weighted by molar-refractivity contribution is 0.141. The number of ether oxygens (including phenoxy) is 2. The van der Waals surface area contributed by atoms with Gasteiger partial charge in [0.25, 0.3) is 0 Å². The molecule has 1 saturated heterocycles. The van der Waals surface area contributed by atoms with Crippen LogP contribution < -0.4 is 4.74 Å². The summed E-state index contributed by atoms with van der Waals surface area (Å²) in [5.74, 6) is 0.148. The van der Waals surface area contributed by atoms with E-state index in [9.17, 15) is 8.94 Å². The Labute approximate surface area is 127 Å². The summed E-state index contributed by atoms with van der Waals surface area (Å²) in [4.78, 5) is 0. The van der Waals surface area contributed by atoms with Crippen molar-refractivity contribution in [1.82, 2.24) is 0 Å². The first-order valence-corrected chi connectivity index (χ1v) is 7.97. The summed E-state index contributed by atoms with van der Waals surface area (Å²) in [5, 5.41) is 0. The second-order valence-corrected chi connectivity index (χ2v) is 7.82. The maximum absolute atomic E-state index is 13.8. The van der Waals surface area contributed by atoms with Gasteiger partial charge in [-0.25, -0.2) is 4.39 Å². The van der Waals surface area contributed by atoms with Gasteiger partial charge in [0.1, 0.15) is 33.8 Å². The maximum atomic E-state index is 13.8. The highest BCUT2D eigenvalue weighted by molar-refractivity contribution is 7.91. The smallest absolute Gasteiger partial charge is 0.144 e. The van der Waals surface area contributed by atoms with Crippen LogP contribution >= 0.6 is 0 Å². The van der Waals surface area contributed by atoms with Crippen molar-refractivity contribution in [1.29, 1.82) is 0 Å². The standard InChI is InChI=1S/C15H20FNO3S/c1-15(2,3)21(18)17-9-11-8-12(4-5-14(11)16)20-13-6-7-19-10-13/h4-5,8-9,13H,6-7,10H2,1-3H3. The molecule has 0 N–H and O–H groups in total. The van der Waals surface area contributed by atoms with E-state index in [0.717, 1.165) is 6.42 Å². The van der Waals surface area contributed by atoms with Gasteiger partial charge in [0.05, 0.1) is 19.4 Å². The van der Waals surface area contributed by atoms with Gasteiger partial charge < -0.3 is 14.0 Å². The highest BCUT2D eigenvalue weighted by atomic mass is 32.2. The van der Waals surface area contributed by atoms with Gasteiger partial charge in [-0.3, -0.25) is 0 Å². The number of hydrogen-bond donors (Lipinski definition) is 0. The average Bonchev–Trinajstić information content (AvgIpc) is 2.90. The molecular weight excluding hydrogens is 293 g/mol. The Bertz CT molecular complexity index is 510. The molecule has 0 bridgehead atoms. The Hall–Kier alpha value is -1.11. The summed E-state index contributed by atoms with van der Waals surface area (Å²) in [7, 11) is 0. The first-order chi connectivity index (χ1) is 9.86. The SMILES string of the molecule is CC(C)(C)[S+]([O-])N=Cc1cc(OC2CCOC2)ccc1F. The number of halogens is 1. The lowest BCUT2D eigenvalue weighted by Crippen LogP contribution is -2.25. The molecule has 1 aliphatic rings. The van der Waals surface area contributed by atoms with Crippen LogP contribution in [0.4, 0.5) is 4.39 Å². The predicted molar refractivity (Wildman–Crippen MR) is 81.7 cm³/mol. The van der Waals surface area contributed by atoms with Crippen LogP contribution in [0.3, 0.4) is 0 Å². The van der Waals surface area contributed by atoms with Crippen LogP contribution in [0.5, 0.6) is 5.75 Å². The normalized spacial score (nSPS) is 20.9. The molecule has 1 aromatic carbocycles. The van der Waals surface area contributed by atoms with Gasteiger partial charge in [-0.15, -0.1) is 0 Å². The molecule has 0 amide bonds. The Morgan fingerprint density at radius 2 is 2.24 bits per heavy atom. The number of nitrogens with zero attached hydrogens (tertiary/aromatic N) is 1. The molecule has 2 rings (SSSR count). The Balaban J connectivity index is 2.09. The molecule has 0 aromatic heterocycles.